The number of hydrogen-bond acceptors (Lipinski definition) is 4. The molecule has 1 amide bonds. The minimum absolute atomic E-state index is 0.121. The summed E-state index contributed by atoms with van der Waals surface area (Å²) < 4.78 is 6.38. The topological polar surface area (TPSA) is 64.1 Å². The predicted molar refractivity (Wildman–Crippen MR) is 133 cm³/mol. The Balaban J connectivity index is 1.53. The number of anilines is 1. The second-order valence-electron chi connectivity index (χ2n) is 7.96. The first-order valence-electron chi connectivity index (χ1n) is 10.8. The largest absolute Gasteiger partial charge is 0.497 e. The number of benzene rings is 3. The van der Waals surface area contributed by atoms with Crippen LogP contribution in [0.5, 0.6) is 5.75 Å². The van der Waals surface area contributed by atoms with Gasteiger partial charge in [-0.15, -0.1) is 0 Å². The molecule has 33 heavy (non-hydrogen) atoms. The molecule has 6 heteroatoms. The van der Waals surface area contributed by atoms with Crippen LogP contribution >= 0.6 is 15.9 Å². The molecule has 0 bridgehead atoms. The molecule has 0 radical (unpaired) electrons. The van der Waals surface area contributed by atoms with Crippen molar-refractivity contribution >= 4 is 27.7 Å². The average molecular weight is 500 g/mol. The molecule has 1 aliphatic carbocycles. The standard InChI is InChI=1S/C27H22BrN3O2/c1-33-21-12-13-22-19(16-21)9-14-23-26(22)31-25(18-5-3-2-4-6-18)27(29-23)30-24(32)15-17-7-10-20(28)11-8-17/h2-8,10-13,16H,9,14-15H2,1H3,(H,29,30,32). The predicted octanol–water partition coefficient (Wildman–Crippen LogP) is 5.86. The molecule has 0 fully saturated rings. The Labute approximate surface area is 201 Å². The van der Waals surface area contributed by atoms with Crippen LogP contribution in [0.2, 0.25) is 0 Å². The van der Waals surface area contributed by atoms with Gasteiger partial charge in [-0.1, -0.05) is 58.4 Å². The second kappa shape index (κ2) is 9.16. The number of rotatable bonds is 5. The van der Waals surface area contributed by atoms with Crippen LogP contribution in [0.15, 0.2) is 77.3 Å². The van der Waals surface area contributed by atoms with E-state index in [-0.39, 0.29) is 12.3 Å². The Hall–Kier alpha value is -3.51. The van der Waals surface area contributed by atoms with Gasteiger partial charge in [0.25, 0.3) is 0 Å². The summed E-state index contributed by atoms with van der Waals surface area (Å²) in [5.74, 6) is 1.22. The Morgan fingerprint density at radius 3 is 2.52 bits per heavy atom. The van der Waals surface area contributed by atoms with E-state index in [2.05, 4.69) is 27.3 Å². The number of methoxy groups -OCH3 is 1. The summed E-state index contributed by atoms with van der Waals surface area (Å²) in [7, 11) is 1.68. The third-order valence-corrected chi connectivity index (χ3v) is 6.28. The number of hydrogen-bond donors (Lipinski definition) is 1. The van der Waals surface area contributed by atoms with Crippen molar-refractivity contribution < 1.29 is 9.53 Å². The van der Waals surface area contributed by atoms with Gasteiger partial charge in [-0.3, -0.25) is 4.79 Å². The van der Waals surface area contributed by atoms with E-state index in [0.717, 1.165) is 51.1 Å². The van der Waals surface area contributed by atoms with Crippen molar-refractivity contribution in [2.24, 2.45) is 0 Å². The number of halogens is 1. The van der Waals surface area contributed by atoms with Gasteiger partial charge in [0, 0.05) is 15.6 Å². The molecule has 164 valence electrons. The molecule has 0 atom stereocenters. The highest BCUT2D eigenvalue weighted by molar-refractivity contribution is 9.10. The van der Waals surface area contributed by atoms with E-state index in [0.29, 0.717) is 11.5 Å². The van der Waals surface area contributed by atoms with Gasteiger partial charge in [0.05, 0.1) is 24.9 Å². The molecule has 1 aliphatic rings. The van der Waals surface area contributed by atoms with Crippen LogP contribution in [0.1, 0.15) is 16.8 Å². The summed E-state index contributed by atoms with van der Waals surface area (Å²) >= 11 is 3.43. The normalized spacial score (nSPS) is 11.9. The quantitative estimate of drug-likeness (QED) is 0.373. The fraction of sp³-hybridized carbons (Fsp3) is 0.148. The van der Waals surface area contributed by atoms with E-state index in [4.69, 9.17) is 14.7 Å². The first-order valence-corrected chi connectivity index (χ1v) is 11.6. The first-order chi connectivity index (χ1) is 16.1. The van der Waals surface area contributed by atoms with Crippen LogP contribution in [-0.4, -0.2) is 23.0 Å². The number of nitrogens with zero attached hydrogens (tertiary/aromatic N) is 2. The smallest absolute Gasteiger partial charge is 0.230 e. The van der Waals surface area contributed by atoms with Crippen LogP contribution in [0, 0.1) is 0 Å². The maximum Gasteiger partial charge on any atom is 0.230 e. The van der Waals surface area contributed by atoms with Crippen molar-refractivity contribution in [1.29, 1.82) is 0 Å². The first kappa shape index (κ1) is 21.3. The summed E-state index contributed by atoms with van der Waals surface area (Å²) in [5, 5.41) is 3.02. The Morgan fingerprint density at radius 2 is 1.76 bits per heavy atom. The van der Waals surface area contributed by atoms with Crippen LogP contribution in [0.4, 0.5) is 5.82 Å². The lowest BCUT2D eigenvalue weighted by atomic mass is 9.91. The zero-order chi connectivity index (χ0) is 22.8. The monoisotopic (exact) mass is 499 g/mol. The molecule has 1 aromatic heterocycles. The van der Waals surface area contributed by atoms with E-state index < -0.39 is 0 Å². The summed E-state index contributed by atoms with van der Waals surface area (Å²) in [5.41, 5.74) is 6.53. The van der Waals surface area contributed by atoms with E-state index in [9.17, 15) is 4.79 Å². The lowest BCUT2D eigenvalue weighted by Gasteiger charge is -2.21. The summed E-state index contributed by atoms with van der Waals surface area (Å²) in [6.45, 7) is 0. The number of fused-ring (bicyclic) bond motifs is 3. The van der Waals surface area contributed by atoms with E-state index in [1.165, 1.54) is 5.56 Å². The number of amides is 1. The molecule has 0 saturated heterocycles. The molecule has 5 nitrogen and oxygen atoms in total. The van der Waals surface area contributed by atoms with Crippen LogP contribution in [-0.2, 0) is 24.1 Å². The Bertz CT molecular complexity index is 1320. The van der Waals surface area contributed by atoms with Crippen molar-refractivity contribution in [3.8, 4) is 28.3 Å². The third-order valence-electron chi connectivity index (χ3n) is 5.75. The van der Waals surface area contributed by atoms with Crippen molar-refractivity contribution in [1.82, 2.24) is 9.97 Å². The molecule has 0 unspecified atom stereocenters. The maximum atomic E-state index is 12.9. The minimum atomic E-state index is -0.121. The fourth-order valence-corrected chi connectivity index (χ4v) is 4.36. The van der Waals surface area contributed by atoms with Gasteiger partial charge in [-0.25, -0.2) is 9.97 Å². The Kier molecular flexibility index (Phi) is 5.92. The van der Waals surface area contributed by atoms with Crippen molar-refractivity contribution in [3.05, 3.63) is 94.1 Å². The van der Waals surface area contributed by atoms with Crippen LogP contribution in [0.25, 0.3) is 22.5 Å². The lowest BCUT2D eigenvalue weighted by molar-refractivity contribution is -0.115. The van der Waals surface area contributed by atoms with E-state index in [1.807, 2.05) is 66.7 Å². The van der Waals surface area contributed by atoms with Crippen molar-refractivity contribution in [2.45, 2.75) is 19.3 Å². The van der Waals surface area contributed by atoms with Gasteiger partial charge >= 0.3 is 0 Å². The third kappa shape index (κ3) is 4.52. The SMILES string of the molecule is COc1ccc2c(c1)CCc1nc(NC(=O)Cc3ccc(Br)cc3)c(-c3ccccc3)nc1-2. The number of carbonyl (C=O) groups is 1. The summed E-state index contributed by atoms with van der Waals surface area (Å²) in [4.78, 5) is 22.8. The minimum Gasteiger partial charge on any atom is -0.497 e. The van der Waals surface area contributed by atoms with Crippen LogP contribution < -0.4 is 10.1 Å². The van der Waals surface area contributed by atoms with Crippen molar-refractivity contribution in [3.63, 3.8) is 0 Å². The second-order valence-corrected chi connectivity index (χ2v) is 8.87. The van der Waals surface area contributed by atoms with Gasteiger partial charge in [-0.2, -0.15) is 0 Å². The number of aromatic nitrogens is 2. The van der Waals surface area contributed by atoms with Crippen LogP contribution in [0.3, 0.4) is 0 Å². The molecule has 0 saturated carbocycles. The maximum absolute atomic E-state index is 12.9. The van der Waals surface area contributed by atoms with Gasteiger partial charge < -0.3 is 10.1 Å². The van der Waals surface area contributed by atoms with Gasteiger partial charge in [0.1, 0.15) is 11.4 Å². The zero-order valence-electron chi connectivity index (χ0n) is 18.1. The zero-order valence-corrected chi connectivity index (χ0v) is 19.7. The van der Waals surface area contributed by atoms with Crippen molar-refractivity contribution in [2.75, 3.05) is 12.4 Å². The number of ether oxygens (including phenoxy) is 1. The number of aryl methyl sites for hydroxylation is 2. The Morgan fingerprint density at radius 1 is 0.970 bits per heavy atom. The molecule has 3 aromatic carbocycles. The highest BCUT2D eigenvalue weighted by Gasteiger charge is 2.23. The fourth-order valence-electron chi connectivity index (χ4n) is 4.10. The molecular weight excluding hydrogens is 478 g/mol. The highest BCUT2D eigenvalue weighted by atomic mass is 79.9. The number of nitrogens with one attached hydrogen (secondary N) is 1. The lowest BCUT2D eigenvalue weighted by Crippen LogP contribution is -2.18. The molecule has 1 N–H and O–H groups in total. The highest BCUT2D eigenvalue weighted by Crippen LogP contribution is 2.37. The van der Waals surface area contributed by atoms with Gasteiger partial charge in [0.2, 0.25) is 5.91 Å². The van der Waals surface area contributed by atoms with E-state index in [1.54, 1.807) is 7.11 Å². The summed E-state index contributed by atoms with van der Waals surface area (Å²) in [6.07, 6.45) is 1.88. The molecule has 0 aliphatic heterocycles. The molecular formula is C27H22BrN3O2. The molecule has 4 aromatic rings. The van der Waals surface area contributed by atoms with E-state index >= 15 is 0 Å². The van der Waals surface area contributed by atoms with Gasteiger partial charge in [0.15, 0.2) is 5.82 Å². The molecule has 1 heterocycles. The summed E-state index contributed by atoms with van der Waals surface area (Å²) in [6, 6.07) is 23.7. The number of carbonyl (C=O) groups excluding carboxylic acids is 1. The average Bonchev–Trinajstić information content (AvgIpc) is 2.85. The van der Waals surface area contributed by atoms with Gasteiger partial charge in [-0.05, 0) is 54.3 Å². The molecule has 5 rings (SSSR count). The molecule has 0 spiro atoms.